The van der Waals surface area contributed by atoms with E-state index in [1.54, 1.807) is 0 Å². The lowest BCUT2D eigenvalue weighted by atomic mass is 9.85. The molecule has 27 heavy (non-hydrogen) atoms. The van der Waals surface area contributed by atoms with Crippen LogP contribution in [0.1, 0.15) is 33.4 Å². The first-order valence-corrected chi connectivity index (χ1v) is 12.3. The summed E-state index contributed by atoms with van der Waals surface area (Å²) in [6.45, 7) is 11.2. The molecule has 0 aromatic carbocycles. The molecule has 3 unspecified atom stereocenters. The number of rotatable bonds is 4. The van der Waals surface area contributed by atoms with Gasteiger partial charge in [0, 0.05) is 18.2 Å². The number of nitrogens with zero attached hydrogens (tertiary/aromatic N) is 1. The summed E-state index contributed by atoms with van der Waals surface area (Å²) in [5.41, 5.74) is -1.01. The molecule has 1 aromatic rings. The van der Waals surface area contributed by atoms with Crippen molar-refractivity contribution >= 4 is 8.32 Å². The van der Waals surface area contributed by atoms with Gasteiger partial charge in [0.1, 0.15) is 6.10 Å². The Kier molecular flexibility index (Phi) is 5.52. The van der Waals surface area contributed by atoms with Crippen LogP contribution in [0.25, 0.3) is 0 Å². The van der Waals surface area contributed by atoms with Gasteiger partial charge in [-0.05, 0) is 24.6 Å². The van der Waals surface area contributed by atoms with Gasteiger partial charge in [0.25, 0.3) is 5.56 Å². The highest BCUT2D eigenvalue weighted by Gasteiger charge is 2.50. The third-order valence-corrected chi connectivity index (χ3v) is 10.6. The molecule has 0 spiro atoms. The largest absolute Gasteiger partial charge is 0.411 e. The fourth-order valence-electron chi connectivity index (χ4n) is 3.52. The zero-order chi connectivity index (χ0) is 20.0. The van der Waals surface area contributed by atoms with Gasteiger partial charge in [-0.25, -0.2) is 4.79 Å². The highest BCUT2D eigenvalue weighted by atomic mass is 28.4. The Labute approximate surface area is 159 Å². The molecule has 9 heteroatoms. The number of hydrogen-bond acceptors (Lipinski definition) is 6. The number of nitrogens with one attached hydrogen (secondary N) is 1. The van der Waals surface area contributed by atoms with Crippen LogP contribution in [0.2, 0.25) is 18.1 Å². The number of hydrogen-bond donors (Lipinski definition) is 2. The first-order valence-electron chi connectivity index (χ1n) is 9.41. The topological polar surface area (TPSA) is 103 Å². The number of aromatic amines is 1. The molecule has 0 aliphatic carbocycles. The molecule has 2 aliphatic rings. The molecule has 2 N–H and O–H groups in total. The summed E-state index contributed by atoms with van der Waals surface area (Å²) in [5, 5.41) is 9.97. The predicted octanol–water partition coefficient (Wildman–Crippen LogP) is 1.22. The van der Waals surface area contributed by atoms with Crippen molar-refractivity contribution in [3.05, 3.63) is 33.1 Å². The fraction of sp³-hybridized carbons (Fsp3) is 0.778. The summed E-state index contributed by atoms with van der Waals surface area (Å²) in [7, 11) is -2.00. The van der Waals surface area contributed by atoms with Gasteiger partial charge >= 0.3 is 5.69 Å². The second kappa shape index (κ2) is 7.29. The van der Waals surface area contributed by atoms with Gasteiger partial charge in [-0.1, -0.05) is 20.8 Å². The monoisotopic (exact) mass is 398 g/mol. The smallest absolute Gasteiger partial charge is 0.330 e. The minimum Gasteiger partial charge on any atom is -0.411 e. The van der Waals surface area contributed by atoms with Crippen LogP contribution in [-0.4, -0.2) is 54.5 Å². The zero-order valence-corrected chi connectivity index (χ0v) is 17.6. The van der Waals surface area contributed by atoms with E-state index in [0.29, 0.717) is 13.0 Å². The average molecular weight is 399 g/mol. The summed E-state index contributed by atoms with van der Waals surface area (Å²) < 4.78 is 19.9. The number of fused-ring (bicyclic) bond motifs is 2. The van der Waals surface area contributed by atoms with Crippen LogP contribution in [0.5, 0.6) is 0 Å². The van der Waals surface area contributed by atoms with Gasteiger partial charge in [-0.3, -0.25) is 14.3 Å². The quantitative estimate of drug-likeness (QED) is 0.740. The van der Waals surface area contributed by atoms with Crippen molar-refractivity contribution in [1.29, 1.82) is 0 Å². The van der Waals surface area contributed by atoms with Crippen LogP contribution in [0.15, 0.2) is 21.9 Å². The maximum atomic E-state index is 12.1. The number of H-pyrrole nitrogens is 1. The van der Waals surface area contributed by atoms with Crippen molar-refractivity contribution in [1.82, 2.24) is 9.55 Å². The second-order valence-corrected chi connectivity index (χ2v) is 13.7. The molecule has 1 aromatic heterocycles. The van der Waals surface area contributed by atoms with Gasteiger partial charge in [-0.2, -0.15) is 0 Å². The molecule has 0 amide bonds. The Balaban J connectivity index is 1.82. The number of aliphatic hydroxyl groups is 1. The van der Waals surface area contributed by atoms with E-state index < -0.39 is 31.9 Å². The molecule has 2 aliphatic heterocycles. The van der Waals surface area contributed by atoms with E-state index >= 15 is 0 Å². The van der Waals surface area contributed by atoms with Crippen molar-refractivity contribution in [3.63, 3.8) is 0 Å². The van der Waals surface area contributed by atoms with Gasteiger partial charge in [0.15, 0.2) is 14.5 Å². The van der Waals surface area contributed by atoms with E-state index in [1.807, 2.05) is 0 Å². The summed E-state index contributed by atoms with van der Waals surface area (Å²) in [6.07, 6.45) is 0.414. The number of aromatic nitrogens is 2. The molecule has 0 saturated carbocycles. The van der Waals surface area contributed by atoms with Crippen molar-refractivity contribution < 1.29 is 19.0 Å². The highest BCUT2D eigenvalue weighted by molar-refractivity contribution is 6.74. The Morgan fingerprint density at radius 2 is 2.07 bits per heavy atom. The SMILES string of the molecule is CC(C)(C)[Si](C)(C)OC1CO[C@@H]2C[C@H]1C(CO)OC2n1ccc(=O)[nH]c1=O. The van der Waals surface area contributed by atoms with Crippen molar-refractivity contribution in [2.45, 2.75) is 69.9 Å². The fourth-order valence-corrected chi connectivity index (χ4v) is 4.87. The normalized spacial score (nSPS) is 31.7. The molecule has 152 valence electrons. The molecule has 3 rings (SSSR count). The molecule has 5 atom stereocenters. The molecule has 2 fully saturated rings. The molecule has 3 heterocycles. The van der Waals surface area contributed by atoms with Crippen molar-refractivity contribution in [2.75, 3.05) is 13.2 Å². The molecule has 2 bridgehead atoms. The lowest BCUT2D eigenvalue weighted by Gasteiger charge is -2.50. The summed E-state index contributed by atoms with van der Waals surface area (Å²) in [5.74, 6) is -0.00223. The van der Waals surface area contributed by atoms with Crippen LogP contribution in [0.3, 0.4) is 0 Å². The second-order valence-electron chi connectivity index (χ2n) is 8.95. The molecular weight excluding hydrogens is 368 g/mol. The maximum absolute atomic E-state index is 12.1. The molecule has 0 radical (unpaired) electrons. The van der Waals surface area contributed by atoms with Crippen molar-refractivity contribution in [3.8, 4) is 0 Å². The van der Waals surface area contributed by atoms with Crippen LogP contribution >= 0.6 is 0 Å². The van der Waals surface area contributed by atoms with Gasteiger partial charge < -0.3 is 19.0 Å². The van der Waals surface area contributed by atoms with Crippen LogP contribution < -0.4 is 11.2 Å². The third kappa shape index (κ3) is 3.97. The molecule has 2 saturated heterocycles. The Bertz CT molecular complexity index is 783. The lowest BCUT2D eigenvalue weighted by molar-refractivity contribution is -0.254. The summed E-state index contributed by atoms with van der Waals surface area (Å²) in [6, 6.07) is 1.27. The van der Waals surface area contributed by atoms with E-state index in [4.69, 9.17) is 13.9 Å². The van der Waals surface area contributed by atoms with E-state index in [2.05, 4.69) is 38.8 Å². The van der Waals surface area contributed by atoms with Gasteiger partial charge in [0.2, 0.25) is 0 Å². The van der Waals surface area contributed by atoms with Crippen LogP contribution in [0.4, 0.5) is 0 Å². The van der Waals surface area contributed by atoms with E-state index in [1.165, 1.54) is 16.8 Å². The van der Waals surface area contributed by atoms with Crippen LogP contribution in [-0.2, 0) is 13.9 Å². The van der Waals surface area contributed by atoms with Gasteiger partial charge in [0.05, 0.1) is 25.4 Å². The Hall–Kier alpha value is -1.26. The Morgan fingerprint density at radius 1 is 1.37 bits per heavy atom. The Morgan fingerprint density at radius 3 is 2.67 bits per heavy atom. The summed E-state index contributed by atoms with van der Waals surface area (Å²) in [4.78, 5) is 25.7. The minimum atomic E-state index is -2.00. The standard InChI is InChI=1S/C18H30N2O6Si/c1-18(2,3)27(4,5)26-14-10-24-12-8-11(14)13(9-21)25-16(12)20-7-6-15(22)19-17(20)23/h6-7,11-14,16,21H,8-10H2,1-5H3,(H,19,22,23)/t11-,12+,13?,14?,16?/m0/s1. The van der Waals surface area contributed by atoms with E-state index in [0.717, 1.165) is 0 Å². The van der Waals surface area contributed by atoms with E-state index in [-0.39, 0.29) is 29.8 Å². The maximum Gasteiger partial charge on any atom is 0.330 e. The molecule has 8 nitrogen and oxygen atoms in total. The van der Waals surface area contributed by atoms with Gasteiger partial charge in [-0.15, -0.1) is 0 Å². The minimum absolute atomic E-state index is 0.00223. The first kappa shape index (κ1) is 20.5. The van der Waals surface area contributed by atoms with Crippen LogP contribution in [0, 0.1) is 5.92 Å². The number of aliphatic hydroxyl groups excluding tert-OH is 1. The number of ether oxygens (including phenoxy) is 2. The first-order chi connectivity index (χ1) is 12.5. The predicted molar refractivity (Wildman–Crippen MR) is 102 cm³/mol. The zero-order valence-electron chi connectivity index (χ0n) is 16.6. The highest BCUT2D eigenvalue weighted by Crippen LogP contribution is 2.43. The van der Waals surface area contributed by atoms with Crippen molar-refractivity contribution in [2.24, 2.45) is 5.92 Å². The average Bonchev–Trinajstić information content (AvgIpc) is 2.57. The molecular formula is C18H30N2O6Si. The lowest BCUT2D eigenvalue weighted by Crippen LogP contribution is -2.58. The summed E-state index contributed by atoms with van der Waals surface area (Å²) >= 11 is 0. The van der Waals surface area contributed by atoms with E-state index in [9.17, 15) is 14.7 Å². The third-order valence-electron chi connectivity index (χ3n) is 6.12.